The summed E-state index contributed by atoms with van der Waals surface area (Å²) in [5.74, 6) is 0. The number of hydrogen-bond donors (Lipinski definition) is 0. The Balaban J connectivity index is 2.24. The van der Waals surface area contributed by atoms with Crippen LogP contribution in [0, 0.1) is 0 Å². The summed E-state index contributed by atoms with van der Waals surface area (Å²) >= 11 is 1.69. The van der Waals surface area contributed by atoms with Crippen molar-refractivity contribution in [2.75, 3.05) is 0 Å². The van der Waals surface area contributed by atoms with Gasteiger partial charge in [0, 0.05) is 9.79 Å². The Hall–Kier alpha value is -1.15. The van der Waals surface area contributed by atoms with Crippen molar-refractivity contribution in [2.45, 2.75) is 9.79 Å². The Labute approximate surface area is 89.8 Å². The van der Waals surface area contributed by atoms with Gasteiger partial charge in [0.25, 0.3) is 0 Å². The van der Waals surface area contributed by atoms with E-state index in [4.69, 9.17) is 7.85 Å². The van der Waals surface area contributed by atoms with Crippen LogP contribution in [-0.2, 0) is 0 Å². The molecule has 0 heterocycles. The van der Waals surface area contributed by atoms with Gasteiger partial charge in [-0.05, 0) is 18.2 Å². The maximum atomic E-state index is 5.85. The maximum Gasteiger partial charge on any atom is 0.115 e. The monoisotopic (exact) mass is 196 g/mol. The molecule has 14 heavy (non-hydrogen) atoms. The van der Waals surface area contributed by atoms with Gasteiger partial charge in [-0.15, -0.1) is 0 Å². The van der Waals surface area contributed by atoms with E-state index in [-0.39, 0.29) is 0 Å². The third-order valence-electron chi connectivity index (χ3n) is 1.89. The smallest absolute Gasteiger partial charge is 0.0907 e. The summed E-state index contributed by atoms with van der Waals surface area (Å²) in [6.07, 6.45) is 0. The Bertz CT molecular complexity index is 412. The van der Waals surface area contributed by atoms with Crippen LogP contribution in [0.15, 0.2) is 64.4 Å². The Morgan fingerprint density at radius 1 is 0.786 bits per heavy atom. The van der Waals surface area contributed by atoms with E-state index in [0.29, 0.717) is 0 Å². The molecule has 0 saturated heterocycles. The molecule has 0 amide bonds. The van der Waals surface area contributed by atoms with E-state index in [9.17, 15) is 0 Å². The van der Waals surface area contributed by atoms with Gasteiger partial charge in [0.1, 0.15) is 7.85 Å². The SMILES string of the molecule is [B]c1ccccc1Sc1ccccc1. The first-order chi connectivity index (χ1) is 6.86. The van der Waals surface area contributed by atoms with Crippen molar-refractivity contribution in [3.8, 4) is 0 Å². The lowest BCUT2D eigenvalue weighted by Crippen LogP contribution is -2.03. The molecule has 0 aromatic heterocycles. The third-order valence-corrected chi connectivity index (χ3v) is 2.99. The minimum Gasteiger partial charge on any atom is -0.0907 e. The molecule has 2 rings (SSSR count). The Morgan fingerprint density at radius 2 is 1.43 bits per heavy atom. The van der Waals surface area contributed by atoms with Gasteiger partial charge in [-0.2, -0.15) is 0 Å². The minimum atomic E-state index is 0.835. The zero-order valence-corrected chi connectivity index (χ0v) is 8.50. The van der Waals surface area contributed by atoms with Crippen LogP contribution in [0.3, 0.4) is 0 Å². The summed E-state index contributed by atoms with van der Waals surface area (Å²) in [7, 11) is 5.85. The molecule has 0 aliphatic carbocycles. The second-order valence-corrected chi connectivity index (χ2v) is 4.07. The second kappa shape index (κ2) is 4.38. The Kier molecular flexibility index (Phi) is 2.95. The quantitative estimate of drug-likeness (QED) is 0.665. The summed E-state index contributed by atoms with van der Waals surface area (Å²) in [5.41, 5.74) is 0.835. The van der Waals surface area contributed by atoms with E-state index in [1.165, 1.54) is 4.90 Å². The van der Waals surface area contributed by atoms with E-state index in [1.54, 1.807) is 11.8 Å². The molecule has 0 nitrogen and oxygen atoms in total. The van der Waals surface area contributed by atoms with Gasteiger partial charge in [-0.3, -0.25) is 0 Å². The van der Waals surface area contributed by atoms with Crippen LogP contribution in [0.2, 0.25) is 0 Å². The van der Waals surface area contributed by atoms with Gasteiger partial charge < -0.3 is 0 Å². The van der Waals surface area contributed by atoms with E-state index in [1.807, 2.05) is 42.5 Å². The largest absolute Gasteiger partial charge is 0.115 e. The number of hydrogen-bond acceptors (Lipinski definition) is 1. The summed E-state index contributed by atoms with van der Waals surface area (Å²) in [6, 6.07) is 18.1. The van der Waals surface area contributed by atoms with Crippen LogP contribution in [-0.4, -0.2) is 7.85 Å². The highest BCUT2D eigenvalue weighted by Gasteiger charge is 1.98. The predicted molar refractivity (Wildman–Crippen MR) is 62.4 cm³/mol. The van der Waals surface area contributed by atoms with E-state index in [0.717, 1.165) is 10.4 Å². The van der Waals surface area contributed by atoms with E-state index >= 15 is 0 Å². The van der Waals surface area contributed by atoms with Gasteiger partial charge in [0.15, 0.2) is 0 Å². The molecule has 2 radical (unpaired) electrons. The fourth-order valence-corrected chi connectivity index (χ4v) is 2.07. The first kappa shape index (κ1) is 9.41. The van der Waals surface area contributed by atoms with Crippen molar-refractivity contribution >= 4 is 25.1 Å². The van der Waals surface area contributed by atoms with Crippen molar-refractivity contribution in [1.82, 2.24) is 0 Å². The second-order valence-electron chi connectivity index (χ2n) is 2.95. The molecule has 0 bridgehead atoms. The third kappa shape index (κ3) is 2.21. The zero-order valence-electron chi connectivity index (χ0n) is 7.68. The lowest BCUT2D eigenvalue weighted by atomic mass is 9.97. The van der Waals surface area contributed by atoms with Crippen LogP contribution in [0.4, 0.5) is 0 Å². The van der Waals surface area contributed by atoms with Crippen LogP contribution in [0.1, 0.15) is 0 Å². The molecular formula is C12H9BS. The van der Waals surface area contributed by atoms with Crippen LogP contribution in [0.25, 0.3) is 0 Å². The minimum absolute atomic E-state index is 0.835. The summed E-state index contributed by atoms with van der Waals surface area (Å²) in [6.45, 7) is 0. The first-order valence-electron chi connectivity index (χ1n) is 4.43. The van der Waals surface area contributed by atoms with Crippen LogP contribution >= 0.6 is 11.8 Å². The molecule has 0 aliphatic heterocycles. The molecule has 0 unspecified atom stereocenters. The van der Waals surface area contributed by atoms with Crippen molar-refractivity contribution < 1.29 is 0 Å². The van der Waals surface area contributed by atoms with Gasteiger partial charge in [0.05, 0.1) is 0 Å². The molecule has 0 fully saturated rings. The van der Waals surface area contributed by atoms with Gasteiger partial charge >= 0.3 is 0 Å². The molecular weight excluding hydrogens is 187 g/mol. The molecule has 0 aliphatic rings. The number of benzene rings is 2. The van der Waals surface area contributed by atoms with E-state index < -0.39 is 0 Å². The maximum absolute atomic E-state index is 5.85. The average Bonchev–Trinajstić information content (AvgIpc) is 2.23. The summed E-state index contributed by atoms with van der Waals surface area (Å²) < 4.78 is 0. The predicted octanol–water partition coefficient (Wildman–Crippen LogP) is 2.63. The molecule has 0 N–H and O–H groups in total. The molecule has 2 aromatic rings. The molecule has 0 saturated carbocycles. The van der Waals surface area contributed by atoms with Crippen molar-refractivity contribution in [1.29, 1.82) is 0 Å². The lowest BCUT2D eigenvalue weighted by molar-refractivity contribution is 1.43. The number of rotatable bonds is 2. The summed E-state index contributed by atoms with van der Waals surface area (Å²) in [5, 5.41) is 0. The highest BCUT2D eigenvalue weighted by atomic mass is 32.2. The average molecular weight is 196 g/mol. The first-order valence-corrected chi connectivity index (χ1v) is 5.25. The van der Waals surface area contributed by atoms with Gasteiger partial charge in [-0.1, -0.05) is 53.6 Å². The molecule has 66 valence electrons. The zero-order chi connectivity index (χ0) is 9.80. The van der Waals surface area contributed by atoms with Crippen LogP contribution in [0.5, 0.6) is 0 Å². The highest BCUT2D eigenvalue weighted by Crippen LogP contribution is 2.24. The summed E-state index contributed by atoms with van der Waals surface area (Å²) in [4.78, 5) is 2.32. The molecule has 2 heteroatoms. The lowest BCUT2D eigenvalue weighted by Gasteiger charge is -2.04. The van der Waals surface area contributed by atoms with Crippen molar-refractivity contribution in [3.63, 3.8) is 0 Å². The topological polar surface area (TPSA) is 0 Å². The molecule has 0 spiro atoms. The van der Waals surface area contributed by atoms with Crippen molar-refractivity contribution in [3.05, 3.63) is 54.6 Å². The Morgan fingerprint density at radius 3 is 2.14 bits per heavy atom. The van der Waals surface area contributed by atoms with Gasteiger partial charge in [-0.25, -0.2) is 0 Å². The fraction of sp³-hybridized carbons (Fsp3) is 0. The highest BCUT2D eigenvalue weighted by molar-refractivity contribution is 7.99. The normalized spacial score (nSPS) is 10.0. The standard InChI is InChI=1S/C12H9BS/c13-11-8-4-5-9-12(11)14-10-6-2-1-3-7-10/h1-9H. The fourth-order valence-electron chi connectivity index (χ4n) is 1.19. The van der Waals surface area contributed by atoms with E-state index in [2.05, 4.69) is 12.1 Å². The molecule has 2 aromatic carbocycles. The molecule has 0 atom stereocenters. The van der Waals surface area contributed by atoms with Crippen LogP contribution < -0.4 is 5.46 Å². The van der Waals surface area contributed by atoms with Gasteiger partial charge in [0.2, 0.25) is 0 Å². The van der Waals surface area contributed by atoms with Crippen molar-refractivity contribution in [2.24, 2.45) is 0 Å².